The molecule has 0 saturated carbocycles. The molecule has 2 aliphatic carbocycles. The number of ether oxygens (including phenoxy) is 3. The zero-order chi connectivity index (χ0) is 26.8. The van der Waals surface area contributed by atoms with Crippen molar-refractivity contribution >= 4 is 11.9 Å². The standard InChI is InChI=1S/C29H31NO8/c1-16(31)26(33)38-23(17-7-4-3-5-8-17)27(34)36-20-11-13-29(35)21-15-18-9-10-19(32)24-22(18)28(29,25(20)37-24)12-6-14-30(21)2/h3-5,7-11,16,21,23,25,31-32,35H,6,12-15H2,1-2H3/t16-,21+,23-,25-,28-,29+/m0/s1. The summed E-state index contributed by atoms with van der Waals surface area (Å²) in [6, 6.07) is 11.7. The van der Waals surface area contributed by atoms with Crippen LogP contribution in [-0.2, 0) is 30.9 Å². The molecule has 2 aromatic carbocycles. The third-order valence-electron chi connectivity index (χ3n) is 8.69. The molecule has 9 heteroatoms. The third-order valence-corrected chi connectivity index (χ3v) is 8.69. The predicted molar refractivity (Wildman–Crippen MR) is 134 cm³/mol. The lowest BCUT2D eigenvalue weighted by atomic mass is 9.52. The van der Waals surface area contributed by atoms with Crippen molar-refractivity contribution in [1.82, 2.24) is 4.90 Å². The quantitative estimate of drug-likeness (QED) is 0.508. The summed E-state index contributed by atoms with van der Waals surface area (Å²) >= 11 is 0. The SMILES string of the molecule is C[C@H](O)C(=O)O[C@H](C(=O)OC1=CC[C@@]2(O)[C@H]3Cc4ccc(O)c5c4[C@@]2(CCCN3C)[C@H]1O5)c1ccccc1. The van der Waals surface area contributed by atoms with Crippen molar-refractivity contribution in [1.29, 1.82) is 0 Å². The molecule has 200 valence electrons. The summed E-state index contributed by atoms with van der Waals surface area (Å²) in [5.41, 5.74) is 0.0553. The molecule has 0 radical (unpaired) electrons. The highest BCUT2D eigenvalue weighted by atomic mass is 16.6. The number of aromatic hydroxyl groups is 1. The number of carbonyl (C=O) groups is 2. The van der Waals surface area contributed by atoms with Crippen molar-refractivity contribution in [3.8, 4) is 11.5 Å². The second-order valence-electron chi connectivity index (χ2n) is 10.8. The Labute approximate surface area is 220 Å². The summed E-state index contributed by atoms with van der Waals surface area (Å²) in [6.07, 6.45) is 0.183. The van der Waals surface area contributed by atoms with Gasteiger partial charge in [0.05, 0.1) is 11.0 Å². The third kappa shape index (κ3) is 3.42. The number of rotatable bonds is 5. The minimum atomic E-state index is -1.42. The molecule has 0 aromatic heterocycles. The highest BCUT2D eigenvalue weighted by Gasteiger charge is 2.71. The number of benzene rings is 2. The van der Waals surface area contributed by atoms with Crippen molar-refractivity contribution in [2.75, 3.05) is 13.6 Å². The first-order valence-corrected chi connectivity index (χ1v) is 13.0. The molecule has 6 atom stereocenters. The lowest BCUT2D eigenvalue weighted by molar-refractivity contribution is -0.174. The maximum Gasteiger partial charge on any atom is 0.357 e. The number of phenolic OH excluding ortho intramolecular Hbond substituents is 1. The van der Waals surface area contributed by atoms with E-state index < -0.39 is 41.3 Å². The van der Waals surface area contributed by atoms with Crippen LogP contribution in [0.25, 0.3) is 0 Å². The van der Waals surface area contributed by atoms with Gasteiger partial charge in [-0.2, -0.15) is 0 Å². The number of likely N-dealkylation sites (tertiary alicyclic amines) is 1. The van der Waals surface area contributed by atoms with Gasteiger partial charge in [0, 0.05) is 23.6 Å². The van der Waals surface area contributed by atoms with Crippen LogP contribution in [0.5, 0.6) is 11.5 Å². The van der Waals surface area contributed by atoms with Gasteiger partial charge in [-0.1, -0.05) is 36.4 Å². The fraction of sp³-hybridized carbons (Fsp3) is 0.448. The van der Waals surface area contributed by atoms with Crippen molar-refractivity contribution in [2.24, 2.45) is 0 Å². The molecule has 9 nitrogen and oxygen atoms in total. The predicted octanol–water partition coefficient (Wildman–Crippen LogP) is 2.27. The van der Waals surface area contributed by atoms with Crippen LogP contribution < -0.4 is 4.74 Å². The number of esters is 2. The van der Waals surface area contributed by atoms with Crippen LogP contribution in [0.2, 0.25) is 0 Å². The van der Waals surface area contributed by atoms with E-state index in [-0.39, 0.29) is 24.0 Å². The molecule has 1 fully saturated rings. The lowest BCUT2D eigenvalue weighted by Crippen LogP contribution is -2.69. The van der Waals surface area contributed by atoms with Gasteiger partial charge in [-0.3, -0.25) is 0 Å². The number of nitrogens with zero attached hydrogens (tertiary/aromatic N) is 1. The van der Waals surface area contributed by atoms with Crippen LogP contribution in [-0.4, -0.2) is 69.6 Å². The smallest absolute Gasteiger partial charge is 0.357 e. The van der Waals surface area contributed by atoms with E-state index in [1.165, 1.54) is 6.92 Å². The van der Waals surface area contributed by atoms with Crippen LogP contribution in [0.4, 0.5) is 0 Å². The van der Waals surface area contributed by atoms with E-state index in [2.05, 4.69) is 4.90 Å². The normalized spacial score (nSPS) is 30.7. The van der Waals surface area contributed by atoms with Gasteiger partial charge in [0.2, 0.25) is 6.10 Å². The van der Waals surface area contributed by atoms with Crippen molar-refractivity contribution < 1.29 is 39.1 Å². The summed E-state index contributed by atoms with van der Waals surface area (Å²) < 4.78 is 17.6. The Bertz CT molecular complexity index is 1320. The fourth-order valence-corrected chi connectivity index (χ4v) is 6.96. The molecular formula is C29H31NO8. The van der Waals surface area contributed by atoms with Gasteiger partial charge in [-0.05, 0) is 57.5 Å². The van der Waals surface area contributed by atoms with Gasteiger partial charge < -0.3 is 34.4 Å². The first-order chi connectivity index (χ1) is 18.2. The molecule has 0 unspecified atom stereocenters. The molecule has 6 rings (SSSR count). The molecule has 38 heavy (non-hydrogen) atoms. The summed E-state index contributed by atoms with van der Waals surface area (Å²) in [4.78, 5) is 28.0. The molecular weight excluding hydrogens is 490 g/mol. The van der Waals surface area contributed by atoms with E-state index in [0.29, 0.717) is 24.2 Å². The highest BCUT2D eigenvalue weighted by Crippen LogP contribution is 2.65. The minimum Gasteiger partial charge on any atom is -0.504 e. The van der Waals surface area contributed by atoms with Crippen LogP contribution in [0.15, 0.2) is 54.3 Å². The Morgan fingerprint density at radius 1 is 1.16 bits per heavy atom. The van der Waals surface area contributed by atoms with Gasteiger partial charge in [-0.25, -0.2) is 9.59 Å². The summed E-state index contributed by atoms with van der Waals surface area (Å²) in [5.74, 6) is -1.30. The van der Waals surface area contributed by atoms with Crippen LogP contribution >= 0.6 is 0 Å². The van der Waals surface area contributed by atoms with Crippen LogP contribution in [0.1, 0.15) is 49.0 Å². The number of hydrogen-bond acceptors (Lipinski definition) is 9. The van der Waals surface area contributed by atoms with Gasteiger partial charge >= 0.3 is 11.9 Å². The number of carbonyl (C=O) groups excluding carboxylic acids is 2. The van der Waals surface area contributed by atoms with Crippen molar-refractivity contribution in [2.45, 2.75) is 68.0 Å². The number of aliphatic hydroxyl groups is 2. The van der Waals surface area contributed by atoms with Gasteiger partial charge in [0.25, 0.3) is 0 Å². The summed E-state index contributed by atoms with van der Waals surface area (Å²) in [7, 11) is 2.01. The fourth-order valence-electron chi connectivity index (χ4n) is 6.96. The number of likely N-dealkylation sites (N-methyl/N-ethyl adjacent to an activating group) is 1. The number of phenols is 1. The summed E-state index contributed by atoms with van der Waals surface area (Å²) in [6.45, 7) is 2.05. The number of aliphatic hydroxyl groups excluding tert-OH is 1. The Balaban J connectivity index is 1.41. The Hall–Kier alpha value is -3.40. The molecule has 1 spiro atoms. The minimum absolute atomic E-state index is 0.0235. The zero-order valence-corrected chi connectivity index (χ0v) is 21.3. The van der Waals surface area contributed by atoms with E-state index in [1.807, 2.05) is 13.1 Å². The topological polar surface area (TPSA) is 126 Å². The van der Waals surface area contributed by atoms with E-state index in [4.69, 9.17) is 14.2 Å². The molecule has 0 amide bonds. The van der Waals surface area contributed by atoms with Gasteiger partial charge in [0.1, 0.15) is 11.9 Å². The Kier molecular flexibility index (Phi) is 5.79. The molecule has 1 saturated heterocycles. The van der Waals surface area contributed by atoms with Crippen molar-refractivity contribution in [3.63, 3.8) is 0 Å². The average Bonchev–Trinajstić information content (AvgIpc) is 3.24. The highest BCUT2D eigenvalue weighted by molar-refractivity contribution is 5.83. The second-order valence-corrected chi connectivity index (χ2v) is 10.8. The largest absolute Gasteiger partial charge is 0.504 e. The molecule has 2 aliphatic heterocycles. The van der Waals surface area contributed by atoms with Crippen LogP contribution in [0, 0.1) is 0 Å². The summed E-state index contributed by atoms with van der Waals surface area (Å²) in [5, 5.41) is 32.8. The maximum absolute atomic E-state index is 13.5. The monoisotopic (exact) mass is 521 g/mol. The Morgan fingerprint density at radius 2 is 1.92 bits per heavy atom. The lowest BCUT2D eigenvalue weighted by Gasteiger charge is -2.56. The molecule has 2 bridgehead atoms. The van der Waals surface area contributed by atoms with Crippen LogP contribution in [0.3, 0.4) is 0 Å². The second kappa shape index (κ2) is 8.83. The molecule has 3 N–H and O–H groups in total. The van der Waals surface area contributed by atoms with Gasteiger partial charge in [0.15, 0.2) is 17.6 Å². The number of hydrogen-bond donors (Lipinski definition) is 3. The van der Waals surface area contributed by atoms with Crippen molar-refractivity contribution in [3.05, 3.63) is 71.0 Å². The average molecular weight is 522 g/mol. The van der Waals surface area contributed by atoms with Gasteiger partial charge in [-0.15, -0.1) is 0 Å². The molecule has 2 aromatic rings. The van der Waals surface area contributed by atoms with E-state index in [1.54, 1.807) is 42.5 Å². The van der Waals surface area contributed by atoms with E-state index >= 15 is 0 Å². The zero-order valence-electron chi connectivity index (χ0n) is 21.3. The first-order valence-electron chi connectivity index (χ1n) is 13.0. The van der Waals surface area contributed by atoms with E-state index in [0.717, 1.165) is 24.1 Å². The maximum atomic E-state index is 13.5. The van der Waals surface area contributed by atoms with E-state index in [9.17, 15) is 24.9 Å². The molecule has 2 heterocycles. The Morgan fingerprint density at radius 3 is 2.66 bits per heavy atom. The first kappa shape index (κ1) is 24.9. The molecule has 4 aliphatic rings.